The topological polar surface area (TPSA) is 61.7 Å². The van der Waals surface area contributed by atoms with Gasteiger partial charge in [0.1, 0.15) is 5.75 Å². The predicted molar refractivity (Wildman–Crippen MR) is 62.5 cm³/mol. The van der Waals surface area contributed by atoms with Gasteiger partial charge < -0.3 is 20.3 Å². The van der Waals surface area contributed by atoms with E-state index in [1.807, 2.05) is 31.2 Å². The Morgan fingerprint density at radius 3 is 2.69 bits per heavy atom. The molecule has 0 spiro atoms. The van der Waals surface area contributed by atoms with Gasteiger partial charge in [-0.3, -0.25) is 0 Å². The molecule has 0 amide bonds. The molecular weight excluding hydrogens is 206 g/mol. The van der Waals surface area contributed by atoms with E-state index >= 15 is 0 Å². The van der Waals surface area contributed by atoms with Crippen molar-refractivity contribution in [2.75, 3.05) is 20.3 Å². The second-order valence-corrected chi connectivity index (χ2v) is 3.71. The third-order valence-electron chi connectivity index (χ3n) is 2.48. The van der Waals surface area contributed by atoms with Crippen LogP contribution < -0.4 is 10.1 Å². The summed E-state index contributed by atoms with van der Waals surface area (Å²) < 4.78 is 5.25. The molecule has 1 rings (SSSR count). The second kappa shape index (κ2) is 6.48. The molecule has 2 atom stereocenters. The van der Waals surface area contributed by atoms with Crippen molar-refractivity contribution in [2.45, 2.75) is 19.1 Å². The van der Waals surface area contributed by atoms with Gasteiger partial charge in [-0.25, -0.2) is 0 Å². The summed E-state index contributed by atoms with van der Waals surface area (Å²) in [5.41, 5.74) is 1.04. The predicted octanol–water partition coefficient (Wildman–Crippen LogP) is 0.699. The van der Waals surface area contributed by atoms with Crippen molar-refractivity contribution in [3.63, 3.8) is 0 Å². The molecule has 16 heavy (non-hydrogen) atoms. The first kappa shape index (κ1) is 13.0. The first-order valence-electron chi connectivity index (χ1n) is 5.34. The molecule has 0 bridgehead atoms. The van der Waals surface area contributed by atoms with E-state index in [9.17, 15) is 5.11 Å². The Morgan fingerprint density at radius 1 is 1.38 bits per heavy atom. The van der Waals surface area contributed by atoms with E-state index in [-0.39, 0.29) is 12.6 Å². The first-order valence-corrected chi connectivity index (χ1v) is 5.34. The van der Waals surface area contributed by atoms with E-state index in [4.69, 9.17) is 9.84 Å². The zero-order valence-corrected chi connectivity index (χ0v) is 9.68. The number of methoxy groups -OCH3 is 1. The normalized spacial score (nSPS) is 14.5. The van der Waals surface area contributed by atoms with Crippen LogP contribution in [0.1, 0.15) is 18.5 Å². The molecule has 0 saturated heterocycles. The molecule has 90 valence electrons. The number of hydrogen-bond donors (Lipinski definition) is 3. The molecule has 0 heterocycles. The highest BCUT2D eigenvalue weighted by Gasteiger charge is 2.11. The molecule has 0 aliphatic heterocycles. The number of ether oxygens (including phenoxy) is 1. The third-order valence-corrected chi connectivity index (χ3v) is 2.48. The molecule has 1 aromatic carbocycles. The second-order valence-electron chi connectivity index (χ2n) is 3.71. The van der Waals surface area contributed by atoms with Gasteiger partial charge in [-0.1, -0.05) is 18.2 Å². The third kappa shape index (κ3) is 3.48. The summed E-state index contributed by atoms with van der Waals surface area (Å²) >= 11 is 0. The Balaban J connectivity index is 2.61. The lowest BCUT2D eigenvalue weighted by Crippen LogP contribution is -2.31. The van der Waals surface area contributed by atoms with Crippen molar-refractivity contribution in [3.8, 4) is 5.75 Å². The molecular formula is C12H19NO3. The fourth-order valence-electron chi connectivity index (χ4n) is 1.51. The molecule has 0 aliphatic carbocycles. The summed E-state index contributed by atoms with van der Waals surface area (Å²) in [5, 5.41) is 21.1. The van der Waals surface area contributed by atoms with Gasteiger partial charge in [0, 0.05) is 18.2 Å². The molecule has 0 unspecified atom stereocenters. The molecule has 0 radical (unpaired) electrons. The van der Waals surface area contributed by atoms with Gasteiger partial charge in [0.15, 0.2) is 0 Å². The largest absolute Gasteiger partial charge is 0.496 e. The minimum atomic E-state index is -0.725. The number of aliphatic hydroxyl groups excluding tert-OH is 2. The van der Waals surface area contributed by atoms with Crippen LogP contribution in [0.15, 0.2) is 24.3 Å². The number of rotatable bonds is 6. The van der Waals surface area contributed by atoms with E-state index in [0.29, 0.717) is 6.54 Å². The lowest BCUT2D eigenvalue weighted by Gasteiger charge is -2.18. The molecule has 0 aliphatic rings. The van der Waals surface area contributed by atoms with Crippen LogP contribution in [0.3, 0.4) is 0 Å². The number of nitrogens with one attached hydrogen (secondary N) is 1. The van der Waals surface area contributed by atoms with Gasteiger partial charge >= 0.3 is 0 Å². The van der Waals surface area contributed by atoms with Crippen molar-refractivity contribution in [1.82, 2.24) is 5.32 Å². The Kier molecular flexibility index (Phi) is 5.25. The Labute approximate surface area is 95.9 Å². The van der Waals surface area contributed by atoms with Crippen LogP contribution in [-0.2, 0) is 0 Å². The summed E-state index contributed by atoms with van der Waals surface area (Å²) in [5.74, 6) is 0.820. The molecule has 4 nitrogen and oxygen atoms in total. The summed E-state index contributed by atoms with van der Waals surface area (Å²) in [6.45, 7) is 2.11. The van der Waals surface area contributed by atoms with Gasteiger partial charge in [-0.15, -0.1) is 0 Å². The van der Waals surface area contributed by atoms with Crippen LogP contribution in [0.25, 0.3) is 0 Å². The lowest BCUT2D eigenvalue weighted by atomic mass is 10.1. The SMILES string of the molecule is COc1ccccc1[C@@H](C)NC[C@H](O)CO. The monoisotopic (exact) mass is 225 g/mol. The van der Waals surface area contributed by atoms with Crippen LogP contribution >= 0.6 is 0 Å². The maximum Gasteiger partial charge on any atom is 0.123 e. The summed E-state index contributed by atoms with van der Waals surface area (Å²) in [6, 6.07) is 7.80. The van der Waals surface area contributed by atoms with Crippen LogP contribution in [-0.4, -0.2) is 36.6 Å². The summed E-state index contributed by atoms with van der Waals surface area (Å²) in [7, 11) is 1.63. The van der Waals surface area contributed by atoms with E-state index < -0.39 is 6.10 Å². The number of para-hydroxylation sites is 1. The number of aliphatic hydroxyl groups is 2. The average molecular weight is 225 g/mol. The number of hydrogen-bond acceptors (Lipinski definition) is 4. The fourth-order valence-corrected chi connectivity index (χ4v) is 1.51. The highest BCUT2D eigenvalue weighted by molar-refractivity contribution is 5.35. The zero-order valence-electron chi connectivity index (χ0n) is 9.68. The number of benzene rings is 1. The van der Waals surface area contributed by atoms with Crippen LogP contribution in [0, 0.1) is 0 Å². The zero-order chi connectivity index (χ0) is 12.0. The Bertz CT molecular complexity index is 317. The van der Waals surface area contributed by atoms with Gasteiger partial charge in [0.2, 0.25) is 0 Å². The summed E-state index contributed by atoms with van der Waals surface area (Å²) in [4.78, 5) is 0. The molecule has 0 aromatic heterocycles. The van der Waals surface area contributed by atoms with E-state index in [2.05, 4.69) is 5.32 Å². The van der Waals surface area contributed by atoms with E-state index in [1.54, 1.807) is 7.11 Å². The van der Waals surface area contributed by atoms with Crippen LogP contribution in [0.5, 0.6) is 5.75 Å². The van der Waals surface area contributed by atoms with Crippen molar-refractivity contribution in [3.05, 3.63) is 29.8 Å². The lowest BCUT2D eigenvalue weighted by molar-refractivity contribution is 0.0923. The highest BCUT2D eigenvalue weighted by atomic mass is 16.5. The van der Waals surface area contributed by atoms with Crippen LogP contribution in [0.2, 0.25) is 0 Å². The van der Waals surface area contributed by atoms with Gasteiger partial charge in [-0.2, -0.15) is 0 Å². The first-order chi connectivity index (χ1) is 7.69. The molecule has 3 N–H and O–H groups in total. The van der Waals surface area contributed by atoms with Crippen molar-refractivity contribution in [2.24, 2.45) is 0 Å². The smallest absolute Gasteiger partial charge is 0.123 e. The van der Waals surface area contributed by atoms with E-state index in [1.165, 1.54) is 0 Å². The Morgan fingerprint density at radius 2 is 2.06 bits per heavy atom. The highest BCUT2D eigenvalue weighted by Crippen LogP contribution is 2.23. The van der Waals surface area contributed by atoms with Gasteiger partial charge in [0.05, 0.1) is 19.8 Å². The quantitative estimate of drug-likeness (QED) is 0.667. The Hall–Kier alpha value is -1.10. The maximum atomic E-state index is 9.24. The average Bonchev–Trinajstić information content (AvgIpc) is 2.35. The summed E-state index contributed by atoms with van der Waals surface area (Å²) in [6.07, 6.45) is -0.725. The fraction of sp³-hybridized carbons (Fsp3) is 0.500. The van der Waals surface area contributed by atoms with Gasteiger partial charge in [-0.05, 0) is 13.0 Å². The van der Waals surface area contributed by atoms with Crippen molar-refractivity contribution < 1.29 is 14.9 Å². The maximum absolute atomic E-state index is 9.24. The van der Waals surface area contributed by atoms with Crippen LogP contribution in [0.4, 0.5) is 0 Å². The molecule has 4 heteroatoms. The standard InChI is InChI=1S/C12H19NO3/c1-9(13-7-10(15)8-14)11-5-3-4-6-12(11)16-2/h3-6,9-10,13-15H,7-8H2,1-2H3/t9-,10+/m1/s1. The van der Waals surface area contributed by atoms with Crippen molar-refractivity contribution in [1.29, 1.82) is 0 Å². The molecule has 1 aromatic rings. The van der Waals surface area contributed by atoms with Gasteiger partial charge in [0.25, 0.3) is 0 Å². The molecule has 0 saturated carbocycles. The van der Waals surface area contributed by atoms with E-state index in [0.717, 1.165) is 11.3 Å². The minimum absolute atomic E-state index is 0.0670. The minimum Gasteiger partial charge on any atom is -0.496 e. The molecule has 0 fully saturated rings. The van der Waals surface area contributed by atoms with Crippen molar-refractivity contribution >= 4 is 0 Å².